The first kappa shape index (κ1) is 14.4. The van der Waals surface area contributed by atoms with Gasteiger partial charge >= 0.3 is 0 Å². The van der Waals surface area contributed by atoms with Crippen LogP contribution in [0.5, 0.6) is 5.75 Å². The van der Waals surface area contributed by atoms with Gasteiger partial charge in [0.2, 0.25) is 0 Å². The number of nitrogens with zero attached hydrogens (tertiary/aromatic N) is 3. The first-order chi connectivity index (χ1) is 9.56. The van der Waals surface area contributed by atoms with Crippen molar-refractivity contribution in [2.45, 2.75) is 6.54 Å². The van der Waals surface area contributed by atoms with E-state index in [4.69, 9.17) is 4.74 Å². The number of nitrogens with one attached hydrogen (secondary N) is 1. The Labute approximate surface area is 123 Å². The SMILES string of the molecule is Cn1cnnc1CNC(=O)COc1ccc(F)cc1Br. The highest BCUT2D eigenvalue weighted by molar-refractivity contribution is 9.10. The van der Waals surface area contributed by atoms with Gasteiger partial charge in [-0.25, -0.2) is 4.39 Å². The first-order valence-corrected chi connectivity index (χ1v) is 6.53. The zero-order valence-corrected chi connectivity index (χ0v) is 12.2. The maximum absolute atomic E-state index is 12.9. The fourth-order valence-electron chi connectivity index (χ4n) is 1.43. The largest absolute Gasteiger partial charge is 0.483 e. The van der Waals surface area contributed by atoms with E-state index in [1.54, 1.807) is 17.9 Å². The van der Waals surface area contributed by atoms with Crippen molar-refractivity contribution >= 4 is 21.8 Å². The average Bonchev–Trinajstić information content (AvgIpc) is 2.81. The molecule has 0 aliphatic carbocycles. The third kappa shape index (κ3) is 3.77. The molecule has 0 unspecified atom stereocenters. The summed E-state index contributed by atoms with van der Waals surface area (Å²) in [6.07, 6.45) is 1.55. The number of amides is 1. The van der Waals surface area contributed by atoms with Gasteiger partial charge in [-0.15, -0.1) is 10.2 Å². The van der Waals surface area contributed by atoms with Gasteiger partial charge in [0.05, 0.1) is 11.0 Å². The highest BCUT2D eigenvalue weighted by Crippen LogP contribution is 2.25. The van der Waals surface area contributed by atoms with Crippen LogP contribution in [-0.2, 0) is 18.4 Å². The summed E-state index contributed by atoms with van der Waals surface area (Å²) in [7, 11) is 1.79. The summed E-state index contributed by atoms with van der Waals surface area (Å²) in [5.74, 6) is 0.363. The molecule has 1 N–H and O–H groups in total. The lowest BCUT2D eigenvalue weighted by Crippen LogP contribution is -2.29. The Morgan fingerprint density at radius 1 is 1.55 bits per heavy atom. The third-order valence-corrected chi connectivity index (χ3v) is 3.12. The molecule has 0 aliphatic heterocycles. The van der Waals surface area contributed by atoms with Crippen molar-refractivity contribution in [2.75, 3.05) is 6.61 Å². The van der Waals surface area contributed by atoms with Crippen LogP contribution in [0.4, 0.5) is 4.39 Å². The zero-order valence-electron chi connectivity index (χ0n) is 10.6. The minimum atomic E-state index is -0.379. The van der Waals surface area contributed by atoms with Gasteiger partial charge in [0.25, 0.3) is 5.91 Å². The molecule has 0 radical (unpaired) electrons. The molecule has 6 nitrogen and oxygen atoms in total. The molecule has 8 heteroatoms. The second-order valence-electron chi connectivity index (χ2n) is 4.00. The van der Waals surface area contributed by atoms with Gasteiger partial charge in [0.1, 0.15) is 17.9 Å². The molecule has 2 rings (SSSR count). The van der Waals surface area contributed by atoms with Crippen LogP contribution in [0.3, 0.4) is 0 Å². The monoisotopic (exact) mass is 342 g/mol. The number of aromatic nitrogens is 3. The first-order valence-electron chi connectivity index (χ1n) is 5.73. The number of benzene rings is 1. The highest BCUT2D eigenvalue weighted by Gasteiger charge is 2.08. The Kier molecular flexibility index (Phi) is 4.67. The second kappa shape index (κ2) is 6.47. The van der Waals surface area contributed by atoms with Crippen LogP contribution in [0, 0.1) is 5.82 Å². The molecule has 1 aromatic carbocycles. The smallest absolute Gasteiger partial charge is 0.258 e. The van der Waals surface area contributed by atoms with Crippen LogP contribution in [0.25, 0.3) is 0 Å². The van der Waals surface area contributed by atoms with Crippen molar-refractivity contribution in [3.8, 4) is 5.75 Å². The van der Waals surface area contributed by atoms with Gasteiger partial charge in [-0.3, -0.25) is 4.79 Å². The van der Waals surface area contributed by atoms with Gasteiger partial charge in [-0.1, -0.05) is 0 Å². The minimum Gasteiger partial charge on any atom is -0.483 e. The Balaban J connectivity index is 1.82. The summed E-state index contributed by atoms with van der Waals surface area (Å²) in [5.41, 5.74) is 0. The standard InChI is InChI=1S/C12H12BrFN4O2/c1-18-7-16-17-11(18)5-15-12(19)6-20-10-3-2-8(14)4-9(10)13/h2-4,7H,5-6H2,1H3,(H,15,19). The number of ether oxygens (including phenoxy) is 1. The van der Waals surface area contributed by atoms with Crippen molar-refractivity contribution in [2.24, 2.45) is 7.05 Å². The van der Waals surface area contributed by atoms with E-state index in [0.29, 0.717) is 16.0 Å². The lowest BCUT2D eigenvalue weighted by molar-refractivity contribution is -0.123. The topological polar surface area (TPSA) is 69.0 Å². The highest BCUT2D eigenvalue weighted by atomic mass is 79.9. The van der Waals surface area contributed by atoms with Gasteiger partial charge in [-0.05, 0) is 34.1 Å². The van der Waals surface area contributed by atoms with Crippen LogP contribution in [-0.4, -0.2) is 27.3 Å². The molecule has 2 aromatic rings. The van der Waals surface area contributed by atoms with Crippen molar-refractivity contribution in [1.29, 1.82) is 0 Å². The quantitative estimate of drug-likeness (QED) is 0.891. The maximum Gasteiger partial charge on any atom is 0.258 e. The Morgan fingerprint density at radius 3 is 3.00 bits per heavy atom. The molecular weight excluding hydrogens is 331 g/mol. The molecule has 0 fully saturated rings. The van der Waals surface area contributed by atoms with E-state index < -0.39 is 0 Å². The van der Waals surface area contributed by atoms with Crippen LogP contribution >= 0.6 is 15.9 Å². The molecular formula is C12H12BrFN4O2. The molecule has 1 aromatic heterocycles. The molecule has 0 spiro atoms. The number of carbonyl (C=O) groups is 1. The summed E-state index contributed by atoms with van der Waals surface area (Å²) in [4.78, 5) is 11.6. The van der Waals surface area contributed by atoms with Crippen molar-refractivity contribution in [3.63, 3.8) is 0 Å². The second-order valence-corrected chi connectivity index (χ2v) is 4.85. The Morgan fingerprint density at radius 2 is 2.35 bits per heavy atom. The summed E-state index contributed by atoms with van der Waals surface area (Å²) >= 11 is 3.16. The zero-order chi connectivity index (χ0) is 14.5. The molecule has 0 atom stereocenters. The molecule has 20 heavy (non-hydrogen) atoms. The average molecular weight is 343 g/mol. The fraction of sp³-hybridized carbons (Fsp3) is 0.250. The number of halogens is 2. The lowest BCUT2D eigenvalue weighted by atomic mass is 10.3. The van der Waals surface area contributed by atoms with Gasteiger partial charge in [0.15, 0.2) is 12.4 Å². The van der Waals surface area contributed by atoms with Crippen molar-refractivity contribution in [3.05, 3.63) is 40.6 Å². The van der Waals surface area contributed by atoms with E-state index in [1.807, 2.05) is 0 Å². The fourth-order valence-corrected chi connectivity index (χ4v) is 1.90. The predicted octanol–water partition coefficient (Wildman–Crippen LogP) is 1.41. The molecule has 1 amide bonds. The van der Waals surface area contributed by atoms with Crippen molar-refractivity contribution in [1.82, 2.24) is 20.1 Å². The van der Waals surface area contributed by atoms with E-state index >= 15 is 0 Å². The molecule has 0 saturated heterocycles. The van der Waals surface area contributed by atoms with Crippen LogP contribution in [0.1, 0.15) is 5.82 Å². The van der Waals surface area contributed by atoms with E-state index in [1.165, 1.54) is 18.2 Å². The normalized spacial score (nSPS) is 10.3. The molecule has 0 aliphatic rings. The van der Waals surface area contributed by atoms with Gasteiger partial charge in [0, 0.05) is 7.05 Å². The van der Waals surface area contributed by atoms with Crippen LogP contribution in [0.2, 0.25) is 0 Å². The van der Waals surface area contributed by atoms with Crippen molar-refractivity contribution < 1.29 is 13.9 Å². The molecule has 106 valence electrons. The van der Waals surface area contributed by atoms with Crippen LogP contribution < -0.4 is 10.1 Å². The number of aryl methyl sites for hydroxylation is 1. The summed E-state index contributed by atoms with van der Waals surface area (Å²) in [6, 6.07) is 3.99. The lowest BCUT2D eigenvalue weighted by Gasteiger charge is -2.08. The number of carbonyl (C=O) groups excluding carboxylic acids is 1. The summed E-state index contributed by atoms with van der Waals surface area (Å²) in [5, 5.41) is 10.2. The van der Waals surface area contributed by atoms with E-state index in [2.05, 4.69) is 31.4 Å². The van der Waals surface area contributed by atoms with E-state index in [9.17, 15) is 9.18 Å². The number of rotatable bonds is 5. The predicted molar refractivity (Wildman–Crippen MR) is 72.4 cm³/mol. The summed E-state index contributed by atoms with van der Waals surface area (Å²) in [6.45, 7) is 0.103. The van der Waals surface area contributed by atoms with Crippen LogP contribution in [0.15, 0.2) is 29.0 Å². The number of hydrogen-bond donors (Lipinski definition) is 1. The van der Waals surface area contributed by atoms with E-state index in [0.717, 1.165) is 0 Å². The Bertz CT molecular complexity index is 617. The number of hydrogen-bond acceptors (Lipinski definition) is 4. The van der Waals surface area contributed by atoms with Gasteiger partial charge in [-0.2, -0.15) is 0 Å². The van der Waals surface area contributed by atoms with Gasteiger partial charge < -0.3 is 14.6 Å². The molecule has 0 saturated carbocycles. The minimum absolute atomic E-state index is 0.165. The summed E-state index contributed by atoms with van der Waals surface area (Å²) < 4.78 is 20.3. The maximum atomic E-state index is 12.9. The molecule has 0 bridgehead atoms. The Hall–Kier alpha value is -1.96. The third-order valence-electron chi connectivity index (χ3n) is 2.50. The van der Waals surface area contributed by atoms with E-state index in [-0.39, 0.29) is 24.9 Å². The molecule has 1 heterocycles.